The highest BCUT2D eigenvalue weighted by molar-refractivity contribution is 7.92. The van der Waals surface area contributed by atoms with Crippen molar-refractivity contribution in [2.75, 3.05) is 4.72 Å². The number of carbonyl (C=O) groups is 1. The van der Waals surface area contributed by atoms with E-state index >= 15 is 0 Å². The summed E-state index contributed by atoms with van der Waals surface area (Å²) in [5, 5.41) is 8.09. The zero-order chi connectivity index (χ0) is 26.1. The van der Waals surface area contributed by atoms with Crippen LogP contribution in [0.1, 0.15) is 42.3 Å². The number of nitrogens with one attached hydrogen (secondary N) is 1. The molecule has 0 unspecified atom stereocenters. The molecule has 0 aliphatic heterocycles. The highest BCUT2D eigenvalue weighted by Crippen LogP contribution is 2.28. The minimum Gasteiger partial charge on any atom is -0.439 e. The topological polar surface area (TPSA) is 120 Å². The Labute approximate surface area is 208 Å². The van der Waals surface area contributed by atoms with Crippen LogP contribution < -0.4 is 10.3 Å². The lowest BCUT2D eigenvalue weighted by Gasteiger charge is -2.21. The van der Waals surface area contributed by atoms with Crippen LogP contribution in [0.3, 0.4) is 0 Å². The van der Waals surface area contributed by atoms with Gasteiger partial charge in [0.1, 0.15) is 5.52 Å². The number of rotatable bonds is 6. The molecule has 0 bridgehead atoms. The lowest BCUT2D eigenvalue weighted by atomic mass is 9.87. The van der Waals surface area contributed by atoms with E-state index in [0.29, 0.717) is 22.2 Å². The fourth-order valence-electron chi connectivity index (χ4n) is 3.55. The zero-order valence-electron chi connectivity index (χ0n) is 20.3. The van der Waals surface area contributed by atoms with E-state index in [9.17, 15) is 18.0 Å². The van der Waals surface area contributed by atoms with Crippen molar-refractivity contribution < 1.29 is 17.9 Å². The third-order valence-corrected chi connectivity index (χ3v) is 7.19. The van der Waals surface area contributed by atoms with Crippen molar-refractivity contribution in [2.24, 2.45) is 0 Å². The maximum Gasteiger partial charge on any atom is 0.339 e. The van der Waals surface area contributed by atoms with Gasteiger partial charge in [-0.1, -0.05) is 50.3 Å². The Kier molecular flexibility index (Phi) is 6.64. The normalized spacial score (nSPS) is 11.9. The molecule has 0 saturated carbocycles. The third-order valence-electron chi connectivity index (χ3n) is 5.66. The Bertz CT molecular complexity index is 1600. The van der Waals surface area contributed by atoms with E-state index in [1.807, 2.05) is 26.8 Å². The fraction of sp³-hybridized carbons (Fsp3) is 0.231. The fourth-order valence-corrected chi connectivity index (χ4v) is 4.88. The van der Waals surface area contributed by atoms with E-state index in [1.165, 1.54) is 24.3 Å². The minimum atomic E-state index is -3.85. The van der Waals surface area contributed by atoms with Crippen molar-refractivity contribution in [3.05, 3.63) is 93.8 Å². The number of aromatic nitrogens is 3. The molecule has 0 atom stereocenters. The van der Waals surface area contributed by atoms with E-state index < -0.39 is 28.3 Å². The molecular formula is C26H26N4O5S. The van der Waals surface area contributed by atoms with Crippen LogP contribution in [0.2, 0.25) is 0 Å². The van der Waals surface area contributed by atoms with Crippen molar-refractivity contribution >= 4 is 32.6 Å². The Balaban J connectivity index is 1.46. The quantitative estimate of drug-likeness (QED) is 0.392. The molecule has 9 nitrogen and oxygen atoms in total. The van der Waals surface area contributed by atoms with E-state index in [0.717, 1.165) is 10.2 Å². The van der Waals surface area contributed by atoms with Gasteiger partial charge in [-0.05, 0) is 65.9 Å². The Hall–Kier alpha value is -4.05. The molecule has 1 N–H and O–H groups in total. The summed E-state index contributed by atoms with van der Waals surface area (Å²) in [4.78, 5) is 25.1. The van der Waals surface area contributed by atoms with Gasteiger partial charge < -0.3 is 4.74 Å². The van der Waals surface area contributed by atoms with Gasteiger partial charge in [-0.15, -0.1) is 5.10 Å². The molecular weight excluding hydrogens is 480 g/mol. The molecule has 4 rings (SSSR count). The van der Waals surface area contributed by atoms with Gasteiger partial charge in [0.15, 0.2) is 6.73 Å². The number of sulfonamides is 1. The Morgan fingerprint density at radius 1 is 1.03 bits per heavy atom. The number of hydrogen-bond donors (Lipinski definition) is 1. The van der Waals surface area contributed by atoms with Crippen LogP contribution in [0, 0.1) is 6.92 Å². The lowest BCUT2D eigenvalue weighted by molar-refractivity contribution is 0.0336. The van der Waals surface area contributed by atoms with Gasteiger partial charge in [0.25, 0.3) is 15.6 Å². The largest absolute Gasteiger partial charge is 0.439 e. The Morgan fingerprint density at radius 2 is 1.72 bits per heavy atom. The highest BCUT2D eigenvalue weighted by Gasteiger charge is 2.22. The number of aryl methyl sites for hydroxylation is 1. The first-order valence-corrected chi connectivity index (χ1v) is 12.7. The molecule has 0 aliphatic rings. The van der Waals surface area contributed by atoms with Gasteiger partial charge in [-0.3, -0.25) is 9.52 Å². The average Bonchev–Trinajstić information content (AvgIpc) is 2.83. The van der Waals surface area contributed by atoms with Crippen LogP contribution in [0.15, 0.2) is 76.4 Å². The van der Waals surface area contributed by atoms with Crippen LogP contribution >= 0.6 is 0 Å². The number of esters is 1. The van der Waals surface area contributed by atoms with Crippen LogP contribution in [0.25, 0.3) is 10.9 Å². The van der Waals surface area contributed by atoms with E-state index in [2.05, 4.69) is 15.0 Å². The first-order valence-electron chi connectivity index (χ1n) is 11.2. The molecule has 0 spiro atoms. The number of nitrogens with zero attached hydrogens (tertiary/aromatic N) is 3. The summed E-state index contributed by atoms with van der Waals surface area (Å²) in [6.07, 6.45) is 0. The summed E-state index contributed by atoms with van der Waals surface area (Å²) in [5.41, 5.74) is 1.83. The predicted octanol–water partition coefficient (Wildman–Crippen LogP) is 4.01. The number of fused-ring (bicyclic) bond motifs is 1. The summed E-state index contributed by atoms with van der Waals surface area (Å²) < 4.78 is 34.8. The molecule has 0 radical (unpaired) electrons. The molecule has 1 heterocycles. The van der Waals surface area contributed by atoms with Crippen LogP contribution in [-0.4, -0.2) is 29.4 Å². The molecule has 0 amide bonds. The maximum absolute atomic E-state index is 13.1. The number of ether oxygens (including phenoxy) is 1. The molecule has 4 aromatic rings. The lowest BCUT2D eigenvalue weighted by Crippen LogP contribution is -2.26. The third kappa shape index (κ3) is 5.28. The molecule has 1 aromatic heterocycles. The van der Waals surface area contributed by atoms with Crippen LogP contribution in [-0.2, 0) is 26.9 Å². The maximum atomic E-state index is 13.1. The summed E-state index contributed by atoms with van der Waals surface area (Å²) in [6, 6.07) is 17.9. The first kappa shape index (κ1) is 25.1. The zero-order valence-corrected chi connectivity index (χ0v) is 21.2. The van der Waals surface area contributed by atoms with Gasteiger partial charge in [0.2, 0.25) is 0 Å². The van der Waals surface area contributed by atoms with Crippen molar-refractivity contribution in [1.29, 1.82) is 0 Å². The number of anilines is 1. The average molecular weight is 507 g/mol. The Morgan fingerprint density at radius 3 is 2.42 bits per heavy atom. The molecule has 186 valence electrons. The van der Waals surface area contributed by atoms with Gasteiger partial charge in [0.05, 0.1) is 15.8 Å². The first-order chi connectivity index (χ1) is 17.0. The molecule has 0 fully saturated rings. The van der Waals surface area contributed by atoms with Gasteiger partial charge >= 0.3 is 5.97 Å². The second kappa shape index (κ2) is 9.54. The van der Waals surface area contributed by atoms with E-state index in [4.69, 9.17) is 4.74 Å². The molecule has 36 heavy (non-hydrogen) atoms. The van der Waals surface area contributed by atoms with Crippen molar-refractivity contribution in [2.45, 2.75) is 44.7 Å². The predicted molar refractivity (Wildman–Crippen MR) is 136 cm³/mol. The van der Waals surface area contributed by atoms with Gasteiger partial charge in [-0.25, -0.2) is 13.2 Å². The second-order valence-electron chi connectivity index (χ2n) is 9.39. The van der Waals surface area contributed by atoms with Crippen LogP contribution in [0.4, 0.5) is 5.69 Å². The monoisotopic (exact) mass is 506 g/mol. The standard InChI is InChI=1S/C26H26N4O5S/c1-17-9-12-19(26(2,3)4)15-23(17)36(33,34)28-20-13-10-18(11-14-20)25(32)35-16-30-24(31)21-7-5-6-8-22(21)27-29-30/h5-15,28H,16H2,1-4H3. The molecule has 0 saturated heterocycles. The number of carbonyl (C=O) groups excluding carboxylic acids is 1. The summed E-state index contributed by atoms with van der Waals surface area (Å²) in [7, 11) is -3.85. The molecule has 10 heteroatoms. The SMILES string of the molecule is Cc1ccc(C(C)(C)C)cc1S(=O)(=O)Nc1ccc(C(=O)OCn2nnc3ccccc3c2=O)cc1. The molecule has 3 aromatic carbocycles. The summed E-state index contributed by atoms with van der Waals surface area (Å²) >= 11 is 0. The van der Waals surface area contributed by atoms with Crippen molar-refractivity contribution in [3.8, 4) is 0 Å². The van der Waals surface area contributed by atoms with E-state index in [-0.39, 0.29) is 15.9 Å². The minimum absolute atomic E-state index is 0.186. The molecule has 0 aliphatic carbocycles. The van der Waals surface area contributed by atoms with Crippen molar-refractivity contribution in [3.63, 3.8) is 0 Å². The highest BCUT2D eigenvalue weighted by atomic mass is 32.2. The van der Waals surface area contributed by atoms with E-state index in [1.54, 1.807) is 43.3 Å². The van der Waals surface area contributed by atoms with Gasteiger partial charge in [-0.2, -0.15) is 4.68 Å². The van der Waals surface area contributed by atoms with Crippen molar-refractivity contribution in [1.82, 2.24) is 15.0 Å². The smallest absolute Gasteiger partial charge is 0.339 e. The summed E-state index contributed by atoms with van der Waals surface area (Å²) in [5.74, 6) is -0.694. The summed E-state index contributed by atoms with van der Waals surface area (Å²) in [6.45, 7) is 7.38. The van der Waals surface area contributed by atoms with Crippen LogP contribution in [0.5, 0.6) is 0 Å². The second-order valence-corrected chi connectivity index (χ2v) is 11.0. The number of hydrogen-bond acceptors (Lipinski definition) is 7. The van der Waals surface area contributed by atoms with Gasteiger partial charge in [0, 0.05) is 5.69 Å². The number of benzene rings is 3.